The van der Waals surface area contributed by atoms with Crippen LogP contribution in [0.25, 0.3) is 0 Å². The Kier molecular flexibility index (Phi) is 12.6. The number of nitrogens with zero attached hydrogens (tertiary/aromatic N) is 3. The van der Waals surface area contributed by atoms with Gasteiger partial charge in [-0.25, -0.2) is 0 Å². The van der Waals surface area contributed by atoms with E-state index in [-0.39, 0.29) is 0 Å². The molecule has 1 aliphatic heterocycles. The van der Waals surface area contributed by atoms with Gasteiger partial charge in [-0.3, -0.25) is 4.90 Å². The zero-order chi connectivity index (χ0) is 17.6. The highest BCUT2D eigenvalue weighted by atomic mass is 15.3. The van der Waals surface area contributed by atoms with Crippen LogP contribution in [0.1, 0.15) is 25.7 Å². The minimum atomic E-state index is 0.568. The quantitative estimate of drug-likeness (QED) is 0.309. The Morgan fingerprint density at radius 3 is 1.92 bits per heavy atom. The van der Waals surface area contributed by atoms with E-state index < -0.39 is 0 Å². The number of piperazine rings is 1. The topological polar surface area (TPSA) is 114 Å². The van der Waals surface area contributed by atoms with Crippen LogP contribution in [0.4, 0.5) is 0 Å². The molecule has 7 heteroatoms. The van der Waals surface area contributed by atoms with E-state index in [4.69, 9.17) is 22.9 Å². The smallest absolute Gasteiger partial charge is 0.0350 e. The number of rotatable bonds is 14. The Bertz CT molecular complexity index is 282. The van der Waals surface area contributed by atoms with E-state index in [0.29, 0.717) is 6.04 Å². The summed E-state index contributed by atoms with van der Waals surface area (Å²) in [6.45, 7) is 11.9. The third-order valence-electron chi connectivity index (χ3n) is 4.84. The van der Waals surface area contributed by atoms with Crippen LogP contribution in [-0.2, 0) is 0 Å². The van der Waals surface area contributed by atoms with Gasteiger partial charge < -0.3 is 32.7 Å². The molecule has 1 unspecified atom stereocenters. The van der Waals surface area contributed by atoms with Gasteiger partial charge in [-0.1, -0.05) is 0 Å². The first kappa shape index (κ1) is 21.8. The summed E-state index contributed by atoms with van der Waals surface area (Å²) in [6, 6.07) is 0.568. The van der Waals surface area contributed by atoms with Crippen LogP contribution in [0.5, 0.6) is 0 Å². The molecule has 1 fully saturated rings. The van der Waals surface area contributed by atoms with Crippen molar-refractivity contribution in [1.29, 1.82) is 0 Å². The van der Waals surface area contributed by atoms with Gasteiger partial charge in [0.25, 0.3) is 0 Å². The molecule has 0 amide bonds. The molecule has 0 spiro atoms. The second-order valence-electron chi connectivity index (χ2n) is 6.86. The third-order valence-corrected chi connectivity index (χ3v) is 4.84. The summed E-state index contributed by atoms with van der Waals surface area (Å²) in [5.41, 5.74) is 22.8. The van der Waals surface area contributed by atoms with Gasteiger partial charge >= 0.3 is 0 Å². The van der Waals surface area contributed by atoms with Crippen molar-refractivity contribution in [3.63, 3.8) is 0 Å². The highest BCUT2D eigenvalue weighted by Crippen LogP contribution is 2.13. The molecule has 1 rings (SSSR count). The largest absolute Gasteiger partial charge is 0.330 e. The van der Waals surface area contributed by atoms with Gasteiger partial charge in [-0.2, -0.15) is 0 Å². The fraction of sp³-hybridized carbons (Fsp3) is 1.00. The molecular formula is C17H41N7. The predicted molar refractivity (Wildman–Crippen MR) is 103 cm³/mol. The van der Waals surface area contributed by atoms with Crippen LogP contribution in [0.15, 0.2) is 0 Å². The third kappa shape index (κ3) is 8.71. The Labute approximate surface area is 148 Å². The molecule has 1 heterocycles. The molecule has 1 saturated heterocycles. The van der Waals surface area contributed by atoms with Crippen molar-refractivity contribution >= 4 is 0 Å². The molecule has 7 nitrogen and oxygen atoms in total. The van der Waals surface area contributed by atoms with E-state index >= 15 is 0 Å². The number of hydrogen-bond acceptors (Lipinski definition) is 7. The Morgan fingerprint density at radius 2 is 1.33 bits per heavy atom. The van der Waals surface area contributed by atoms with Gasteiger partial charge in [0.1, 0.15) is 0 Å². The standard InChI is InChI=1S/C17H41N7/c18-5-1-9-22(10-2-6-19)15-17-16-23(11-3-7-20)13-14-24(17)12-4-8-21/h17H,1-16,18-21H2. The second-order valence-corrected chi connectivity index (χ2v) is 6.86. The van der Waals surface area contributed by atoms with E-state index in [1.165, 1.54) is 0 Å². The van der Waals surface area contributed by atoms with Crippen molar-refractivity contribution in [2.75, 3.05) is 78.5 Å². The van der Waals surface area contributed by atoms with Crippen LogP contribution in [0, 0.1) is 0 Å². The van der Waals surface area contributed by atoms with Crippen molar-refractivity contribution in [3.8, 4) is 0 Å². The predicted octanol–water partition coefficient (Wildman–Crippen LogP) is -1.33. The van der Waals surface area contributed by atoms with Crippen molar-refractivity contribution < 1.29 is 0 Å². The van der Waals surface area contributed by atoms with Gasteiger partial charge in [0, 0.05) is 32.2 Å². The first-order chi connectivity index (χ1) is 11.7. The number of nitrogens with two attached hydrogens (primary N) is 4. The summed E-state index contributed by atoms with van der Waals surface area (Å²) in [7, 11) is 0. The minimum absolute atomic E-state index is 0.568. The zero-order valence-corrected chi connectivity index (χ0v) is 15.5. The van der Waals surface area contributed by atoms with E-state index in [1.54, 1.807) is 0 Å². The Morgan fingerprint density at radius 1 is 0.750 bits per heavy atom. The molecule has 0 aromatic heterocycles. The lowest BCUT2D eigenvalue weighted by molar-refractivity contribution is 0.0497. The molecule has 0 bridgehead atoms. The van der Waals surface area contributed by atoms with Crippen molar-refractivity contribution in [2.24, 2.45) is 22.9 Å². The summed E-state index contributed by atoms with van der Waals surface area (Å²) >= 11 is 0. The zero-order valence-electron chi connectivity index (χ0n) is 15.5. The van der Waals surface area contributed by atoms with Crippen LogP contribution in [0.3, 0.4) is 0 Å². The van der Waals surface area contributed by atoms with E-state index in [9.17, 15) is 0 Å². The first-order valence-corrected chi connectivity index (χ1v) is 9.74. The maximum Gasteiger partial charge on any atom is 0.0350 e. The highest BCUT2D eigenvalue weighted by Gasteiger charge is 2.27. The molecule has 0 aromatic carbocycles. The van der Waals surface area contributed by atoms with Crippen molar-refractivity contribution in [3.05, 3.63) is 0 Å². The highest BCUT2D eigenvalue weighted by molar-refractivity contribution is 4.85. The monoisotopic (exact) mass is 343 g/mol. The molecule has 0 radical (unpaired) electrons. The second kappa shape index (κ2) is 13.9. The Balaban J connectivity index is 2.60. The average molecular weight is 344 g/mol. The molecule has 1 atom stereocenters. The normalized spacial score (nSPS) is 20.1. The average Bonchev–Trinajstić information content (AvgIpc) is 2.61. The first-order valence-electron chi connectivity index (χ1n) is 9.74. The summed E-state index contributed by atoms with van der Waals surface area (Å²) in [6.07, 6.45) is 4.26. The minimum Gasteiger partial charge on any atom is -0.330 e. The van der Waals surface area contributed by atoms with E-state index in [2.05, 4.69) is 14.7 Å². The van der Waals surface area contributed by atoms with Crippen molar-refractivity contribution in [2.45, 2.75) is 31.7 Å². The fourth-order valence-electron chi connectivity index (χ4n) is 3.46. The maximum absolute atomic E-state index is 5.73. The Hall–Kier alpha value is -0.280. The van der Waals surface area contributed by atoms with Crippen molar-refractivity contribution in [1.82, 2.24) is 14.7 Å². The van der Waals surface area contributed by atoms with Gasteiger partial charge in [0.05, 0.1) is 0 Å². The lowest BCUT2D eigenvalue weighted by Crippen LogP contribution is -2.57. The summed E-state index contributed by atoms with van der Waals surface area (Å²) in [4.78, 5) is 7.75. The SMILES string of the molecule is NCCCN(CCCN)CC1CN(CCCN)CCN1CCCN. The van der Waals surface area contributed by atoms with Gasteiger partial charge in [0.2, 0.25) is 0 Å². The molecule has 0 aliphatic carbocycles. The van der Waals surface area contributed by atoms with Crippen LogP contribution >= 0.6 is 0 Å². The van der Waals surface area contributed by atoms with E-state index in [0.717, 1.165) is 104 Å². The van der Waals surface area contributed by atoms with Crippen LogP contribution in [0.2, 0.25) is 0 Å². The fourth-order valence-corrected chi connectivity index (χ4v) is 3.46. The molecule has 24 heavy (non-hydrogen) atoms. The summed E-state index contributed by atoms with van der Waals surface area (Å²) in [5, 5.41) is 0. The molecule has 144 valence electrons. The lowest BCUT2D eigenvalue weighted by Gasteiger charge is -2.43. The van der Waals surface area contributed by atoms with Gasteiger partial charge in [0.15, 0.2) is 0 Å². The maximum atomic E-state index is 5.73. The lowest BCUT2D eigenvalue weighted by atomic mass is 10.1. The molecular weight excluding hydrogens is 302 g/mol. The van der Waals surface area contributed by atoms with E-state index in [1.807, 2.05) is 0 Å². The summed E-state index contributed by atoms with van der Waals surface area (Å²) < 4.78 is 0. The molecule has 0 saturated carbocycles. The number of hydrogen-bond donors (Lipinski definition) is 4. The van der Waals surface area contributed by atoms with Gasteiger partial charge in [-0.05, 0) is 78.0 Å². The van der Waals surface area contributed by atoms with Crippen LogP contribution < -0.4 is 22.9 Å². The molecule has 8 N–H and O–H groups in total. The van der Waals surface area contributed by atoms with Crippen LogP contribution in [-0.4, -0.2) is 99.3 Å². The molecule has 1 aliphatic rings. The summed E-state index contributed by atoms with van der Waals surface area (Å²) in [5.74, 6) is 0. The van der Waals surface area contributed by atoms with Gasteiger partial charge in [-0.15, -0.1) is 0 Å². The molecule has 0 aromatic rings.